The van der Waals surface area contributed by atoms with Crippen LogP contribution in [0.1, 0.15) is 104 Å². The van der Waals surface area contributed by atoms with E-state index in [1.807, 2.05) is 93.4 Å². The van der Waals surface area contributed by atoms with Gasteiger partial charge in [-0.15, -0.1) is 11.6 Å². The Balaban J connectivity index is 0.000000318. The number of ether oxygens (including phenoxy) is 2. The number of nitrogens with zero attached hydrogens (tertiary/aromatic N) is 15. The number of amides is 1. The zero-order valence-electron chi connectivity index (χ0n) is 55.8. The molecule has 0 saturated heterocycles. The van der Waals surface area contributed by atoms with E-state index in [2.05, 4.69) is 70.3 Å². The molecular formula is C62H82Cl6LiN17O8. The van der Waals surface area contributed by atoms with E-state index in [0.717, 1.165) is 99.8 Å². The van der Waals surface area contributed by atoms with Crippen LogP contribution in [0.5, 0.6) is 0 Å². The van der Waals surface area contributed by atoms with Crippen molar-refractivity contribution in [2.24, 2.45) is 0 Å². The molecule has 0 saturated carbocycles. The summed E-state index contributed by atoms with van der Waals surface area (Å²) >= 11 is 36.5. The molecule has 0 unspecified atom stereocenters. The number of rotatable bonds is 22. The minimum atomic E-state index is -1.08. The Morgan fingerprint density at radius 2 is 0.883 bits per heavy atom. The molecule has 0 bridgehead atoms. The molecule has 4 N–H and O–H groups in total. The number of aromatic nitrogens is 12. The Labute approximate surface area is 589 Å². The van der Waals surface area contributed by atoms with Crippen molar-refractivity contribution in [2.75, 3.05) is 107 Å². The Morgan fingerprint density at radius 1 is 0.532 bits per heavy atom. The second-order valence-corrected chi connectivity index (χ2v) is 24.4. The van der Waals surface area contributed by atoms with Crippen molar-refractivity contribution >= 4 is 143 Å². The summed E-state index contributed by atoms with van der Waals surface area (Å²) in [5.74, 6) is -1.55. The SMILES string of the molecule is CCOC(=O)c1cnc2c(c(C)nn2CCCN(C)C)c1Cl.CCOC(=O)c1cnc2n[nH]c(C)c2c1Cl.CN(C)CCCCl.Cc1nn(CCCN(C)C)c2ncc(C(=O)Nc3ccc(Cl)cc3)c(Cl)c12.Cc1nn(CCCN(C)C)c2ncc(C(=O)O)c(Cl)c12.[Li+].[OH-]. The molecule has 0 atom stereocenters. The number of aromatic amines is 1. The Hall–Kier alpha value is -6.28. The Morgan fingerprint density at radius 3 is 1.26 bits per heavy atom. The molecule has 1 aromatic carbocycles. The van der Waals surface area contributed by atoms with Gasteiger partial charge in [-0.1, -0.05) is 58.0 Å². The van der Waals surface area contributed by atoms with Crippen LogP contribution >= 0.6 is 69.6 Å². The van der Waals surface area contributed by atoms with E-state index in [9.17, 15) is 19.2 Å². The predicted molar refractivity (Wildman–Crippen MR) is 369 cm³/mol. The van der Waals surface area contributed by atoms with E-state index in [0.29, 0.717) is 89.0 Å². The number of carbonyl (C=O) groups is 4. The molecule has 0 aliphatic heterocycles. The first kappa shape index (κ1) is 81.9. The summed E-state index contributed by atoms with van der Waals surface area (Å²) in [4.78, 5) is 72.7. The van der Waals surface area contributed by atoms with Gasteiger partial charge in [0.05, 0.1) is 94.2 Å². The third-order valence-electron chi connectivity index (χ3n) is 13.6. The van der Waals surface area contributed by atoms with Crippen LogP contribution in [-0.4, -0.2) is 215 Å². The topological polar surface area (TPSA) is 296 Å². The summed E-state index contributed by atoms with van der Waals surface area (Å²) in [7, 11) is 16.3. The monoisotopic (exact) mass is 1410 g/mol. The minimum absolute atomic E-state index is 0. The molecule has 1 amide bonds. The summed E-state index contributed by atoms with van der Waals surface area (Å²) in [6.45, 7) is 17.6. The average Bonchev–Trinajstić information content (AvgIpc) is 1.63. The normalized spacial score (nSPS) is 10.9. The van der Waals surface area contributed by atoms with Gasteiger partial charge in [-0.25, -0.2) is 48.4 Å². The number of aromatic carboxylic acids is 1. The number of carboxylic acid groups (broad SMARTS) is 1. The maximum absolute atomic E-state index is 12.6. The summed E-state index contributed by atoms with van der Waals surface area (Å²) in [6.07, 6.45) is 9.56. The Bertz CT molecular complexity index is 3950. The van der Waals surface area contributed by atoms with Crippen LogP contribution in [0, 0.1) is 27.7 Å². The molecule has 0 aliphatic rings. The van der Waals surface area contributed by atoms with Crippen LogP contribution < -0.4 is 24.2 Å². The molecule has 9 aromatic rings. The van der Waals surface area contributed by atoms with E-state index >= 15 is 0 Å². The summed E-state index contributed by atoms with van der Waals surface area (Å²) in [5, 5.41) is 36.6. The van der Waals surface area contributed by atoms with Gasteiger partial charge in [-0.05, 0) is 174 Å². The molecule has 0 fully saturated rings. The smallest absolute Gasteiger partial charge is 0.870 e. The molecule has 0 spiro atoms. The number of H-pyrrole nitrogens is 1. The fourth-order valence-electron chi connectivity index (χ4n) is 9.11. The molecular weight excluding hydrogens is 1330 g/mol. The molecule has 94 heavy (non-hydrogen) atoms. The first-order valence-corrected chi connectivity index (χ1v) is 31.9. The minimum Gasteiger partial charge on any atom is -0.870 e. The van der Waals surface area contributed by atoms with Gasteiger partial charge >= 0.3 is 36.8 Å². The fourth-order valence-corrected chi connectivity index (χ4v) is 10.8. The van der Waals surface area contributed by atoms with Crippen LogP contribution in [0.3, 0.4) is 0 Å². The van der Waals surface area contributed by atoms with Gasteiger partial charge < -0.3 is 45.0 Å². The van der Waals surface area contributed by atoms with E-state index in [1.165, 1.54) is 24.8 Å². The third-order valence-corrected chi connectivity index (χ3v) is 15.6. The predicted octanol–water partition coefficient (Wildman–Crippen LogP) is 8.92. The molecule has 506 valence electrons. The van der Waals surface area contributed by atoms with Crippen molar-refractivity contribution < 1.29 is 58.1 Å². The standard InChI is InChI=1S/C19H21Cl2N5O.C15H21ClN4O2.C13H17ClN4O2.C10H10ClN3O2.C5H12ClN.Li.H2O/c1-12-16-17(21)15(19(27)23-14-7-5-13(20)6-8-14)11-22-18(16)26(24-12)10-4-9-25(2)3;1-5-22-15(21)11-9-17-14-12(13(11)16)10(2)18-20(14)8-6-7-19(3)4;1-8-10-11(14)9(13(19)20)7-15-12(10)18(16-8)6-4-5-17(2)3;1-3-16-10(15)6-4-12-9-7(8(6)11)5(2)13-14-9;1-7(2)5-3-4-6;;/h5-8,11H,4,9-10H2,1-3H3,(H,23,27);9H,5-8H2,1-4H3;7H,4-6H2,1-3H3,(H,19,20);4H,3H2,1-2H3,(H,12,13,14);3-5H2,1-2H3;;1H2/q;;;;;+1;/p-1. The van der Waals surface area contributed by atoms with Crippen molar-refractivity contribution in [1.29, 1.82) is 0 Å². The van der Waals surface area contributed by atoms with Crippen molar-refractivity contribution in [2.45, 2.75) is 86.9 Å². The number of anilines is 1. The number of pyridine rings is 4. The van der Waals surface area contributed by atoms with Gasteiger partial charge in [0, 0.05) is 66.7 Å². The van der Waals surface area contributed by atoms with Crippen LogP contribution in [0.4, 0.5) is 5.69 Å². The largest absolute Gasteiger partial charge is 1.00 e. The van der Waals surface area contributed by atoms with Crippen LogP contribution in [0.15, 0.2) is 49.1 Å². The number of nitrogens with one attached hydrogen (secondary N) is 2. The van der Waals surface area contributed by atoms with Crippen LogP contribution in [-0.2, 0) is 29.1 Å². The number of alkyl halides is 1. The van der Waals surface area contributed by atoms with Crippen molar-refractivity contribution in [1.82, 2.24) is 79.1 Å². The molecule has 8 heterocycles. The number of esters is 2. The molecule has 0 aliphatic carbocycles. The average molecular weight is 1410 g/mol. The molecule has 0 radical (unpaired) electrons. The van der Waals surface area contributed by atoms with Crippen LogP contribution in [0.25, 0.3) is 44.1 Å². The van der Waals surface area contributed by atoms with E-state index in [4.69, 9.17) is 84.2 Å². The first-order chi connectivity index (χ1) is 43.6. The number of carboxylic acids is 1. The number of halogens is 6. The van der Waals surface area contributed by atoms with Crippen molar-refractivity contribution in [3.05, 3.63) is 119 Å². The van der Waals surface area contributed by atoms with E-state index in [-0.39, 0.29) is 52.0 Å². The number of carbonyl (C=O) groups excluding carboxylic acids is 3. The van der Waals surface area contributed by atoms with Gasteiger partial charge in [0.1, 0.15) is 0 Å². The van der Waals surface area contributed by atoms with Gasteiger partial charge in [0.2, 0.25) is 0 Å². The van der Waals surface area contributed by atoms with Crippen molar-refractivity contribution in [3.8, 4) is 0 Å². The summed E-state index contributed by atoms with van der Waals surface area (Å²) in [6, 6.07) is 6.88. The molecule has 32 heteroatoms. The third kappa shape index (κ3) is 22.7. The van der Waals surface area contributed by atoms with Gasteiger partial charge in [0.25, 0.3) is 5.91 Å². The van der Waals surface area contributed by atoms with E-state index < -0.39 is 17.9 Å². The number of hydrogen-bond acceptors (Lipinski definition) is 19. The Kier molecular flexibility index (Phi) is 34.6. The van der Waals surface area contributed by atoms with Crippen molar-refractivity contribution in [3.63, 3.8) is 0 Å². The zero-order valence-corrected chi connectivity index (χ0v) is 60.4. The van der Waals surface area contributed by atoms with Gasteiger partial charge in [-0.3, -0.25) is 9.89 Å². The van der Waals surface area contributed by atoms with Crippen LogP contribution in [0.2, 0.25) is 25.1 Å². The number of benzene rings is 1. The van der Waals surface area contributed by atoms with Gasteiger partial charge in [0.15, 0.2) is 22.6 Å². The summed E-state index contributed by atoms with van der Waals surface area (Å²) in [5.41, 5.74) is 7.04. The molecule has 9 rings (SSSR count). The first-order valence-electron chi connectivity index (χ1n) is 29.5. The number of aryl methyl sites for hydroxylation is 7. The van der Waals surface area contributed by atoms with Gasteiger partial charge in [-0.2, -0.15) is 20.4 Å². The second kappa shape index (κ2) is 39.7. The van der Waals surface area contributed by atoms with E-state index in [1.54, 1.807) is 42.8 Å². The second-order valence-electron chi connectivity index (χ2n) is 22.0. The quantitative estimate of drug-likeness (QED) is 0.0324. The number of fused-ring (bicyclic) bond motifs is 4. The maximum atomic E-state index is 12.6. The summed E-state index contributed by atoms with van der Waals surface area (Å²) < 4.78 is 15.4. The number of hydrogen-bond donors (Lipinski definition) is 3. The maximum Gasteiger partial charge on any atom is 1.00 e. The fraction of sp³-hybridized carbons (Fsp3) is 0.452. The zero-order chi connectivity index (χ0) is 68.1. The molecule has 25 nitrogen and oxygen atoms in total. The molecule has 8 aromatic heterocycles.